The highest BCUT2D eigenvalue weighted by Gasteiger charge is 2.38. The molecule has 3 heterocycles. The lowest BCUT2D eigenvalue weighted by molar-refractivity contribution is -0.136. The lowest BCUT2D eigenvalue weighted by Crippen LogP contribution is -2.41. The number of nitrogens with zero attached hydrogens (tertiary/aromatic N) is 3. The number of hydrogen-bond acceptors (Lipinski definition) is 9. The number of allylic oxidation sites excluding steroid dienone is 1. The summed E-state index contributed by atoms with van der Waals surface area (Å²) >= 11 is 0.998. The molecule has 2 aliphatic heterocycles. The van der Waals surface area contributed by atoms with Gasteiger partial charge in [-0.3, -0.25) is 19.0 Å². The average molecular weight is 520 g/mol. The summed E-state index contributed by atoms with van der Waals surface area (Å²) in [5.41, 5.74) is 1.32. The highest BCUT2D eigenvalue weighted by atomic mass is 32.1. The van der Waals surface area contributed by atoms with Crippen molar-refractivity contribution in [1.82, 2.24) is 4.57 Å². The number of phenols is 1. The van der Waals surface area contributed by atoms with Gasteiger partial charge in [0.2, 0.25) is 5.91 Å². The van der Waals surface area contributed by atoms with Gasteiger partial charge in [-0.15, -0.1) is 0 Å². The number of aromatic nitrogens is 1. The van der Waals surface area contributed by atoms with E-state index in [1.54, 1.807) is 37.3 Å². The number of para-hydroxylation sites is 1. The van der Waals surface area contributed by atoms with Crippen molar-refractivity contribution < 1.29 is 29.0 Å². The zero-order valence-electron chi connectivity index (χ0n) is 20.3. The number of hydrogen-bond donors (Lipinski definition) is 1. The molecule has 37 heavy (non-hydrogen) atoms. The Hall–Kier alpha value is -4.51. The standard InChI is InChI=1S/C26H21N3O7S/c1-12-19(25(34)36-4)21(14-9-10-17(31)18(11-14)35-3)29-24(33)22(37-26(29)27-12)20-15-7-5-6-8-16(15)28(13(2)30)23(20)32/h5-11,21,31H,1-4H3/b22-20-. The molecule has 0 bridgehead atoms. The second-order valence-electron chi connectivity index (χ2n) is 8.38. The number of methoxy groups -OCH3 is 2. The molecule has 0 spiro atoms. The molecule has 2 amide bonds. The molecule has 1 atom stereocenters. The first-order valence-electron chi connectivity index (χ1n) is 11.1. The van der Waals surface area contributed by atoms with Crippen LogP contribution in [0.15, 0.2) is 63.5 Å². The average Bonchev–Trinajstić information content (AvgIpc) is 3.35. The van der Waals surface area contributed by atoms with E-state index in [4.69, 9.17) is 9.47 Å². The number of anilines is 1. The van der Waals surface area contributed by atoms with Crippen LogP contribution in [0.25, 0.3) is 5.57 Å². The summed E-state index contributed by atoms with van der Waals surface area (Å²) in [6, 6.07) is 10.3. The fourth-order valence-electron chi connectivity index (χ4n) is 4.67. The first-order chi connectivity index (χ1) is 17.7. The third-order valence-corrected chi connectivity index (χ3v) is 7.35. The Balaban J connectivity index is 1.86. The van der Waals surface area contributed by atoms with Gasteiger partial charge in [0.1, 0.15) is 4.53 Å². The van der Waals surface area contributed by atoms with Crippen molar-refractivity contribution in [2.24, 2.45) is 4.99 Å². The molecule has 1 unspecified atom stereocenters. The van der Waals surface area contributed by atoms with Gasteiger partial charge in [0.15, 0.2) is 16.3 Å². The maximum atomic E-state index is 14.0. The Bertz CT molecular complexity index is 1730. The highest BCUT2D eigenvalue weighted by molar-refractivity contribution is 7.07. The normalized spacial score (nSPS) is 17.8. The van der Waals surface area contributed by atoms with E-state index in [9.17, 15) is 24.3 Å². The van der Waals surface area contributed by atoms with E-state index < -0.39 is 29.4 Å². The number of imide groups is 1. The molecule has 0 saturated carbocycles. The van der Waals surface area contributed by atoms with E-state index in [0.717, 1.165) is 16.2 Å². The summed E-state index contributed by atoms with van der Waals surface area (Å²) in [7, 11) is 2.62. The molecule has 0 radical (unpaired) electrons. The Kier molecular flexibility index (Phi) is 5.79. The molecular formula is C26H21N3O7S. The van der Waals surface area contributed by atoms with Gasteiger partial charge in [0.25, 0.3) is 11.5 Å². The number of fused-ring (bicyclic) bond motifs is 2. The molecule has 1 aromatic heterocycles. The van der Waals surface area contributed by atoms with E-state index in [1.165, 1.54) is 37.8 Å². The zero-order chi connectivity index (χ0) is 26.6. The van der Waals surface area contributed by atoms with Crippen LogP contribution in [0.1, 0.15) is 31.0 Å². The molecule has 2 aliphatic rings. The Morgan fingerprint density at radius 3 is 2.51 bits per heavy atom. The number of benzene rings is 2. The molecular weight excluding hydrogens is 498 g/mol. The Morgan fingerprint density at radius 1 is 1.11 bits per heavy atom. The summed E-state index contributed by atoms with van der Waals surface area (Å²) < 4.78 is 11.7. The van der Waals surface area contributed by atoms with Gasteiger partial charge in [-0.05, 0) is 30.7 Å². The number of aromatic hydroxyl groups is 1. The minimum atomic E-state index is -0.969. The van der Waals surface area contributed by atoms with Crippen molar-refractivity contribution in [2.45, 2.75) is 19.9 Å². The minimum Gasteiger partial charge on any atom is -0.504 e. The number of thiazole rings is 1. The van der Waals surface area contributed by atoms with Crippen molar-refractivity contribution in [1.29, 1.82) is 0 Å². The second kappa shape index (κ2) is 8.86. The van der Waals surface area contributed by atoms with Crippen LogP contribution in [0.4, 0.5) is 5.69 Å². The van der Waals surface area contributed by atoms with Crippen LogP contribution in [0.2, 0.25) is 0 Å². The number of rotatable bonds is 3. The predicted molar refractivity (Wildman–Crippen MR) is 134 cm³/mol. The topological polar surface area (TPSA) is 128 Å². The summed E-state index contributed by atoms with van der Waals surface area (Å²) in [6.07, 6.45) is 0. The lowest BCUT2D eigenvalue weighted by atomic mass is 9.95. The number of ether oxygens (including phenoxy) is 2. The van der Waals surface area contributed by atoms with Gasteiger partial charge in [-0.2, -0.15) is 0 Å². The third-order valence-electron chi connectivity index (χ3n) is 6.30. The summed E-state index contributed by atoms with van der Waals surface area (Å²) in [5.74, 6) is -1.72. The first-order valence-corrected chi connectivity index (χ1v) is 12.0. The fourth-order valence-corrected chi connectivity index (χ4v) is 5.81. The van der Waals surface area contributed by atoms with Gasteiger partial charge in [-0.25, -0.2) is 14.7 Å². The molecule has 5 rings (SSSR count). The van der Waals surface area contributed by atoms with E-state index in [-0.39, 0.29) is 32.0 Å². The van der Waals surface area contributed by atoms with E-state index in [2.05, 4.69) is 4.99 Å². The van der Waals surface area contributed by atoms with Crippen LogP contribution in [0.3, 0.4) is 0 Å². The third kappa shape index (κ3) is 3.58. The zero-order valence-corrected chi connectivity index (χ0v) is 21.1. The van der Waals surface area contributed by atoms with E-state index >= 15 is 0 Å². The van der Waals surface area contributed by atoms with Gasteiger partial charge in [-0.1, -0.05) is 35.6 Å². The van der Waals surface area contributed by atoms with Crippen LogP contribution in [-0.4, -0.2) is 41.7 Å². The number of carbonyl (C=O) groups excluding carboxylic acids is 3. The van der Waals surface area contributed by atoms with Crippen molar-refractivity contribution in [2.75, 3.05) is 19.1 Å². The van der Waals surface area contributed by atoms with Crippen LogP contribution in [0.5, 0.6) is 11.5 Å². The summed E-state index contributed by atoms with van der Waals surface area (Å²) in [4.78, 5) is 58.3. The number of amides is 2. The fraction of sp³-hybridized carbons (Fsp3) is 0.192. The SMILES string of the molecule is COC(=O)C1=C(C)N=c2s/c(=C3\C(=O)N(C(C)=O)c4ccccc43)c(=O)n2C1c1ccc(O)c(OC)c1. The molecule has 11 heteroatoms. The molecule has 10 nitrogen and oxygen atoms in total. The molecule has 0 saturated heterocycles. The maximum absolute atomic E-state index is 14.0. The van der Waals surface area contributed by atoms with Crippen LogP contribution >= 0.6 is 11.3 Å². The Morgan fingerprint density at radius 2 is 1.84 bits per heavy atom. The number of phenolic OH excluding ortho intramolecular Hbond substituents is 1. The summed E-state index contributed by atoms with van der Waals surface area (Å²) in [5, 5.41) is 10.1. The van der Waals surface area contributed by atoms with Crippen molar-refractivity contribution in [3.8, 4) is 11.5 Å². The molecule has 188 valence electrons. The van der Waals surface area contributed by atoms with E-state index in [1.807, 2.05) is 0 Å². The Labute approximate surface area is 214 Å². The lowest BCUT2D eigenvalue weighted by Gasteiger charge is -2.24. The predicted octanol–water partition coefficient (Wildman–Crippen LogP) is 1.39. The molecule has 0 aliphatic carbocycles. The molecule has 0 fully saturated rings. The maximum Gasteiger partial charge on any atom is 0.338 e. The summed E-state index contributed by atoms with van der Waals surface area (Å²) in [6.45, 7) is 2.91. The van der Waals surface area contributed by atoms with Crippen LogP contribution < -0.4 is 24.5 Å². The number of esters is 1. The second-order valence-corrected chi connectivity index (χ2v) is 9.35. The largest absolute Gasteiger partial charge is 0.504 e. The van der Waals surface area contributed by atoms with Crippen molar-refractivity contribution in [3.63, 3.8) is 0 Å². The first kappa shape index (κ1) is 24.2. The van der Waals surface area contributed by atoms with E-state index in [0.29, 0.717) is 22.5 Å². The molecule has 1 N–H and O–H groups in total. The number of carbonyl (C=O) groups is 3. The van der Waals surface area contributed by atoms with Gasteiger partial charge in [0.05, 0.1) is 42.8 Å². The smallest absolute Gasteiger partial charge is 0.338 e. The van der Waals surface area contributed by atoms with Crippen molar-refractivity contribution >= 4 is 40.4 Å². The quantitative estimate of drug-likeness (QED) is 0.518. The molecule has 3 aromatic rings. The molecule has 2 aromatic carbocycles. The van der Waals surface area contributed by atoms with Crippen LogP contribution in [0, 0.1) is 0 Å². The monoisotopic (exact) mass is 519 g/mol. The highest BCUT2D eigenvalue weighted by Crippen LogP contribution is 2.37. The minimum absolute atomic E-state index is 0.0922. The van der Waals surface area contributed by atoms with Gasteiger partial charge >= 0.3 is 5.97 Å². The van der Waals surface area contributed by atoms with Crippen molar-refractivity contribution in [3.05, 3.63) is 84.5 Å². The van der Waals surface area contributed by atoms with Crippen LogP contribution in [-0.2, 0) is 19.1 Å². The van der Waals surface area contributed by atoms with Gasteiger partial charge in [0, 0.05) is 12.5 Å². The van der Waals surface area contributed by atoms with Gasteiger partial charge < -0.3 is 14.6 Å².